The fourth-order valence-corrected chi connectivity index (χ4v) is 10.7. The Hall–Kier alpha value is -7.52. The van der Waals surface area contributed by atoms with Crippen LogP contribution in [0.3, 0.4) is 0 Å². The number of hydrogen-bond donors (Lipinski definition) is 0. The number of para-hydroxylation sites is 1. The van der Waals surface area contributed by atoms with Crippen molar-refractivity contribution >= 4 is 91.7 Å². The second-order valence-corrected chi connectivity index (χ2v) is 16.7. The molecular formula is C58H37NS. The molecule has 0 aliphatic carbocycles. The Morgan fingerprint density at radius 1 is 0.267 bits per heavy atom. The largest absolute Gasteiger partial charge is 0.308 e. The molecular weight excluding hydrogens is 743 g/mol. The average Bonchev–Trinajstić information content (AvgIpc) is 3.69. The minimum Gasteiger partial charge on any atom is -0.308 e. The van der Waals surface area contributed by atoms with E-state index in [1.165, 1.54) is 102 Å². The molecule has 12 aromatic rings. The first-order chi connectivity index (χ1) is 29.8. The van der Waals surface area contributed by atoms with Crippen molar-refractivity contribution in [3.05, 3.63) is 224 Å². The predicted octanol–water partition coefficient (Wildman–Crippen LogP) is 17.1. The Labute approximate surface area is 352 Å². The van der Waals surface area contributed by atoms with Gasteiger partial charge in [0.25, 0.3) is 0 Å². The zero-order valence-corrected chi connectivity index (χ0v) is 33.5. The summed E-state index contributed by atoms with van der Waals surface area (Å²) in [4.78, 5) is 2.52. The molecule has 0 amide bonds. The van der Waals surface area contributed by atoms with Crippen molar-refractivity contribution in [2.45, 2.75) is 0 Å². The first-order valence-corrected chi connectivity index (χ1v) is 21.4. The Morgan fingerprint density at radius 2 is 0.817 bits per heavy atom. The van der Waals surface area contributed by atoms with Crippen LogP contribution in [-0.2, 0) is 0 Å². The normalized spacial score (nSPS) is 11.7. The third-order valence-electron chi connectivity index (χ3n) is 12.2. The molecule has 0 aliphatic heterocycles. The lowest BCUT2D eigenvalue weighted by molar-refractivity contribution is 1.32. The quantitative estimate of drug-likeness (QED) is 0.152. The van der Waals surface area contributed by atoms with E-state index in [-0.39, 0.29) is 0 Å². The number of thiophene rings is 1. The summed E-state index contributed by atoms with van der Waals surface area (Å²) in [6.07, 6.45) is 0. The van der Waals surface area contributed by atoms with Crippen LogP contribution in [0.2, 0.25) is 0 Å². The van der Waals surface area contributed by atoms with Crippen LogP contribution in [0.15, 0.2) is 224 Å². The molecule has 12 rings (SSSR count). The topological polar surface area (TPSA) is 3.24 Å². The predicted molar refractivity (Wildman–Crippen MR) is 260 cm³/mol. The van der Waals surface area contributed by atoms with Crippen molar-refractivity contribution in [3.8, 4) is 33.4 Å². The van der Waals surface area contributed by atoms with Crippen molar-refractivity contribution in [1.29, 1.82) is 0 Å². The number of nitrogens with zero attached hydrogens (tertiary/aromatic N) is 1. The summed E-state index contributed by atoms with van der Waals surface area (Å²) in [5, 5.41) is 12.6. The van der Waals surface area contributed by atoms with Crippen LogP contribution in [-0.4, -0.2) is 0 Å². The van der Waals surface area contributed by atoms with Crippen LogP contribution in [0, 0.1) is 0 Å². The SMILES string of the molecule is c1ccc(-c2ccc(N(c3ccccc3-c3ccc(-c4cc5ccccc5c5ccccc45)cc3)c3cccc4c3sc3cc5ccccc5cc34)c3ccccc23)cc1. The maximum atomic E-state index is 2.52. The van der Waals surface area contributed by atoms with E-state index < -0.39 is 0 Å². The van der Waals surface area contributed by atoms with E-state index >= 15 is 0 Å². The summed E-state index contributed by atoms with van der Waals surface area (Å²) in [5.74, 6) is 0. The van der Waals surface area contributed by atoms with Gasteiger partial charge in [-0.15, -0.1) is 11.3 Å². The third-order valence-corrected chi connectivity index (χ3v) is 13.4. The minimum absolute atomic E-state index is 1.13. The summed E-state index contributed by atoms with van der Waals surface area (Å²) >= 11 is 1.89. The summed E-state index contributed by atoms with van der Waals surface area (Å²) in [6.45, 7) is 0. The summed E-state index contributed by atoms with van der Waals surface area (Å²) in [6, 6.07) is 82.5. The van der Waals surface area contributed by atoms with Gasteiger partial charge in [0.2, 0.25) is 0 Å². The molecule has 0 atom stereocenters. The molecule has 0 aliphatic rings. The lowest BCUT2D eigenvalue weighted by atomic mass is 9.92. The number of benzene rings is 11. The van der Waals surface area contributed by atoms with E-state index in [0.717, 1.165) is 11.4 Å². The average molecular weight is 780 g/mol. The Morgan fingerprint density at radius 3 is 1.60 bits per heavy atom. The van der Waals surface area contributed by atoms with E-state index in [0.29, 0.717) is 0 Å². The maximum Gasteiger partial charge on any atom is 0.0640 e. The van der Waals surface area contributed by atoms with Crippen molar-refractivity contribution in [1.82, 2.24) is 0 Å². The highest BCUT2D eigenvalue weighted by atomic mass is 32.1. The Kier molecular flexibility index (Phi) is 8.11. The second-order valence-electron chi connectivity index (χ2n) is 15.6. The van der Waals surface area contributed by atoms with Gasteiger partial charge in [-0.1, -0.05) is 188 Å². The van der Waals surface area contributed by atoms with Gasteiger partial charge in [0.05, 0.1) is 21.8 Å². The molecule has 0 saturated carbocycles. The first-order valence-electron chi connectivity index (χ1n) is 20.6. The number of hydrogen-bond acceptors (Lipinski definition) is 2. The van der Waals surface area contributed by atoms with Gasteiger partial charge in [-0.2, -0.15) is 0 Å². The highest BCUT2D eigenvalue weighted by Crippen LogP contribution is 2.50. The highest BCUT2D eigenvalue weighted by Gasteiger charge is 2.23. The maximum absolute atomic E-state index is 2.52. The molecule has 0 saturated heterocycles. The van der Waals surface area contributed by atoms with Gasteiger partial charge in [-0.25, -0.2) is 0 Å². The number of anilines is 3. The smallest absolute Gasteiger partial charge is 0.0640 e. The highest BCUT2D eigenvalue weighted by molar-refractivity contribution is 7.26. The molecule has 2 heteroatoms. The van der Waals surface area contributed by atoms with E-state index in [4.69, 9.17) is 0 Å². The van der Waals surface area contributed by atoms with Crippen LogP contribution in [0.5, 0.6) is 0 Å². The Bertz CT molecular complexity index is 3600. The van der Waals surface area contributed by atoms with Gasteiger partial charge in [0, 0.05) is 26.4 Å². The molecule has 1 heterocycles. The van der Waals surface area contributed by atoms with Gasteiger partial charge >= 0.3 is 0 Å². The molecule has 1 nitrogen and oxygen atoms in total. The first kappa shape index (κ1) is 34.5. The lowest BCUT2D eigenvalue weighted by Crippen LogP contribution is -2.12. The zero-order chi connectivity index (χ0) is 39.6. The molecule has 0 radical (unpaired) electrons. The van der Waals surface area contributed by atoms with Gasteiger partial charge < -0.3 is 4.90 Å². The molecule has 0 spiro atoms. The van der Waals surface area contributed by atoms with Crippen molar-refractivity contribution in [3.63, 3.8) is 0 Å². The van der Waals surface area contributed by atoms with E-state index in [1.807, 2.05) is 11.3 Å². The fourth-order valence-electron chi connectivity index (χ4n) is 9.42. The minimum atomic E-state index is 1.13. The van der Waals surface area contributed by atoms with Crippen LogP contribution in [0.25, 0.3) is 96.6 Å². The Balaban J connectivity index is 1.08. The third kappa shape index (κ3) is 5.61. The fraction of sp³-hybridized carbons (Fsp3) is 0. The van der Waals surface area contributed by atoms with Crippen LogP contribution >= 0.6 is 11.3 Å². The zero-order valence-electron chi connectivity index (χ0n) is 32.7. The number of rotatable bonds is 6. The van der Waals surface area contributed by atoms with Crippen LogP contribution in [0.1, 0.15) is 0 Å². The molecule has 11 aromatic carbocycles. The van der Waals surface area contributed by atoms with Gasteiger partial charge in [-0.3, -0.25) is 0 Å². The molecule has 0 bridgehead atoms. The van der Waals surface area contributed by atoms with Crippen molar-refractivity contribution in [2.75, 3.05) is 4.90 Å². The molecule has 60 heavy (non-hydrogen) atoms. The van der Waals surface area contributed by atoms with Crippen molar-refractivity contribution in [2.24, 2.45) is 0 Å². The lowest BCUT2D eigenvalue weighted by Gasteiger charge is -2.30. The van der Waals surface area contributed by atoms with E-state index in [1.54, 1.807) is 0 Å². The molecule has 1 aromatic heterocycles. The van der Waals surface area contributed by atoms with E-state index in [9.17, 15) is 0 Å². The van der Waals surface area contributed by atoms with Gasteiger partial charge in [0.1, 0.15) is 0 Å². The summed E-state index contributed by atoms with van der Waals surface area (Å²) < 4.78 is 2.57. The molecule has 0 unspecified atom stereocenters. The van der Waals surface area contributed by atoms with Crippen LogP contribution in [0.4, 0.5) is 17.1 Å². The molecule has 280 valence electrons. The monoisotopic (exact) mass is 779 g/mol. The molecule has 0 N–H and O–H groups in total. The summed E-state index contributed by atoms with van der Waals surface area (Å²) in [7, 11) is 0. The second kappa shape index (κ2) is 14.1. The molecule has 0 fully saturated rings. The van der Waals surface area contributed by atoms with E-state index in [2.05, 4.69) is 229 Å². The van der Waals surface area contributed by atoms with Gasteiger partial charge in [-0.05, 0) is 102 Å². The number of fused-ring (bicyclic) bond motifs is 8. The van der Waals surface area contributed by atoms with Gasteiger partial charge in [0.15, 0.2) is 0 Å². The van der Waals surface area contributed by atoms with Crippen molar-refractivity contribution < 1.29 is 0 Å². The van der Waals surface area contributed by atoms with Crippen LogP contribution < -0.4 is 4.90 Å². The summed E-state index contributed by atoms with van der Waals surface area (Å²) in [5.41, 5.74) is 10.7. The standard InChI is InChI=1S/C58H37NS/c1-2-15-38(16-3-1)45-33-34-55(50-25-11-10-23-48(45)50)59(56-28-14-26-51-53-35-41-17-4-5-18-42(41)37-57(53)60-58(51)56)54-27-13-12-21-46(54)39-29-31-40(32-30-39)52-36-43-19-6-7-20-44(43)47-22-8-9-24-49(47)52/h1-37H.